The summed E-state index contributed by atoms with van der Waals surface area (Å²) in [4.78, 5) is 38.4. The van der Waals surface area contributed by atoms with E-state index in [9.17, 15) is 19.7 Å². The van der Waals surface area contributed by atoms with Crippen LogP contribution in [0.2, 0.25) is 0 Å². The van der Waals surface area contributed by atoms with Gasteiger partial charge in [0.05, 0.1) is 16.2 Å². The molecule has 8 heteroatoms. The molecule has 124 valence electrons. The van der Waals surface area contributed by atoms with Gasteiger partial charge in [0.1, 0.15) is 6.20 Å². The molecule has 1 aromatic carbocycles. The minimum absolute atomic E-state index is 0.106. The lowest BCUT2D eigenvalue weighted by atomic mass is 10.1. The van der Waals surface area contributed by atoms with Crippen LogP contribution in [0, 0.1) is 24.0 Å². The molecule has 8 nitrogen and oxygen atoms in total. The summed E-state index contributed by atoms with van der Waals surface area (Å²) in [5, 5.41) is 16.0. The maximum Gasteiger partial charge on any atom is 0.288 e. The summed E-state index contributed by atoms with van der Waals surface area (Å²) in [5.41, 5.74) is 1.70. The number of pyridine rings is 1. The van der Waals surface area contributed by atoms with Gasteiger partial charge < -0.3 is 10.6 Å². The molecule has 0 saturated carbocycles. The Hall–Kier alpha value is -3.29. The first-order valence-corrected chi connectivity index (χ1v) is 7.09. The van der Waals surface area contributed by atoms with Crippen LogP contribution in [-0.2, 0) is 0 Å². The van der Waals surface area contributed by atoms with Gasteiger partial charge in [0.15, 0.2) is 0 Å². The third kappa shape index (κ3) is 3.37. The number of anilines is 1. The second-order valence-electron chi connectivity index (χ2n) is 5.09. The van der Waals surface area contributed by atoms with Crippen LogP contribution >= 0.6 is 0 Å². The normalized spacial score (nSPS) is 10.1. The van der Waals surface area contributed by atoms with E-state index in [4.69, 9.17) is 0 Å². The van der Waals surface area contributed by atoms with E-state index >= 15 is 0 Å². The number of carbonyl (C=O) groups excluding carboxylic acids is 2. The van der Waals surface area contributed by atoms with Crippen molar-refractivity contribution in [3.63, 3.8) is 0 Å². The van der Waals surface area contributed by atoms with E-state index in [-0.39, 0.29) is 17.2 Å². The van der Waals surface area contributed by atoms with Gasteiger partial charge in [-0.2, -0.15) is 0 Å². The Kier molecular flexibility index (Phi) is 4.88. The van der Waals surface area contributed by atoms with Gasteiger partial charge in [-0.05, 0) is 31.5 Å². The Morgan fingerprint density at radius 2 is 1.88 bits per heavy atom. The molecule has 0 fully saturated rings. The van der Waals surface area contributed by atoms with Gasteiger partial charge >= 0.3 is 0 Å². The molecule has 0 unspecified atom stereocenters. The number of hydrogen-bond acceptors (Lipinski definition) is 5. The predicted molar refractivity (Wildman–Crippen MR) is 88.2 cm³/mol. The smallest absolute Gasteiger partial charge is 0.288 e. The van der Waals surface area contributed by atoms with Crippen LogP contribution in [0.5, 0.6) is 0 Å². The van der Waals surface area contributed by atoms with Gasteiger partial charge in [-0.25, -0.2) is 0 Å². The number of nitrogens with one attached hydrogen (secondary N) is 2. The molecule has 0 aliphatic carbocycles. The first-order valence-electron chi connectivity index (χ1n) is 7.09. The Bertz CT molecular complexity index is 833. The van der Waals surface area contributed by atoms with E-state index in [1.807, 2.05) is 0 Å². The fourth-order valence-corrected chi connectivity index (χ4v) is 2.19. The van der Waals surface area contributed by atoms with Crippen molar-refractivity contribution in [2.24, 2.45) is 0 Å². The van der Waals surface area contributed by atoms with Crippen molar-refractivity contribution < 1.29 is 14.5 Å². The standard InChI is InChI=1S/C16H16N4O4/c1-9-12(15(21)17-3)5-4-6-14(9)19-16(22)13-7-11(20(23)24)8-18-10(13)2/h4-8H,1-3H3,(H,17,21)(H,19,22). The summed E-state index contributed by atoms with van der Waals surface area (Å²) in [6.07, 6.45) is 1.10. The van der Waals surface area contributed by atoms with E-state index in [1.54, 1.807) is 32.0 Å². The number of benzene rings is 1. The van der Waals surface area contributed by atoms with Gasteiger partial charge in [-0.1, -0.05) is 6.07 Å². The fourth-order valence-electron chi connectivity index (χ4n) is 2.19. The number of rotatable bonds is 4. The van der Waals surface area contributed by atoms with Crippen LogP contribution in [0.1, 0.15) is 32.0 Å². The second kappa shape index (κ2) is 6.86. The highest BCUT2D eigenvalue weighted by Gasteiger charge is 2.18. The van der Waals surface area contributed by atoms with Crippen molar-refractivity contribution in [1.29, 1.82) is 0 Å². The van der Waals surface area contributed by atoms with Crippen LogP contribution in [0.15, 0.2) is 30.5 Å². The minimum atomic E-state index is -0.610. The lowest BCUT2D eigenvalue weighted by Crippen LogP contribution is -2.20. The Morgan fingerprint density at radius 3 is 2.50 bits per heavy atom. The average molecular weight is 328 g/mol. The number of nitro groups is 1. The highest BCUT2D eigenvalue weighted by molar-refractivity contribution is 6.06. The summed E-state index contributed by atoms with van der Waals surface area (Å²) in [6.45, 7) is 3.30. The first kappa shape index (κ1) is 17.1. The summed E-state index contributed by atoms with van der Waals surface area (Å²) in [5.74, 6) is -0.794. The topological polar surface area (TPSA) is 114 Å². The van der Waals surface area contributed by atoms with Crippen LogP contribution in [0.25, 0.3) is 0 Å². The molecule has 24 heavy (non-hydrogen) atoms. The Balaban J connectivity index is 2.36. The van der Waals surface area contributed by atoms with Crippen LogP contribution in [-0.4, -0.2) is 28.8 Å². The number of amides is 2. The lowest BCUT2D eigenvalue weighted by Gasteiger charge is -2.12. The maximum atomic E-state index is 12.4. The molecule has 1 heterocycles. The Morgan fingerprint density at radius 1 is 1.17 bits per heavy atom. The molecule has 0 aliphatic rings. The molecule has 0 spiro atoms. The van der Waals surface area contributed by atoms with Gasteiger partial charge in [0.2, 0.25) is 0 Å². The molecular formula is C16H16N4O4. The monoisotopic (exact) mass is 328 g/mol. The van der Waals surface area contributed by atoms with Crippen molar-refractivity contribution in [3.8, 4) is 0 Å². The largest absolute Gasteiger partial charge is 0.355 e. The SMILES string of the molecule is CNC(=O)c1cccc(NC(=O)c2cc([N+](=O)[O-])cnc2C)c1C. The minimum Gasteiger partial charge on any atom is -0.355 e. The number of aromatic nitrogens is 1. The highest BCUT2D eigenvalue weighted by atomic mass is 16.6. The number of nitrogens with zero attached hydrogens (tertiary/aromatic N) is 2. The van der Waals surface area contributed by atoms with Gasteiger partial charge in [0.25, 0.3) is 17.5 Å². The lowest BCUT2D eigenvalue weighted by molar-refractivity contribution is -0.385. The van der Waals surface area contributed by atoms with Crippen LogP contribution in [0.4, 0.5) is 11.4 Å². The zero-order chi connectivity index (χ0) is 17.9. The highest BCUT2D eigenvalue weighted by Crippen LogP contribution is 2.21. The number of carbonyl (C=O) groups is 2. The van der Waals surface area contributed by atoms with E-state index in [0.29, 0.717) is 22.5 Å². The van der Waals surface area contributed by atoms with E-state index in [1.165, 1.54) is 13.1 Å². The summed E-state index contributed by atoms with van der Waals surface area (Å²) in [6, 6.07) is 6.12. The molecule has 0 aliphatic heterocycles. The fraction of sp³-hybridized carbons (Fsp3) is 0.188. The molecule has 0 saturated heterocycles. The molecule has 0 radical (unpaired) electrons. The number of hydrogen-bond donors (Lipinski definition) is 2. The quantitative estimate of drug-likeness (QED) is 0.659. The zero-order valence-electron chi connectivity index (χ0n) is 13.4. The molecule has 2 aromatic rings. The Labute approximate surface area is 138 Å². The molecule has 0 atom stereocenters. The predicted octanol–water partition coefficient (Wildman–Crippen LogP) is 2.22. The molecule has 2 N–H and O–H groups in total. The van der Waals surface area contributed by atoms with Crippen molar-refractivity contribution in [2.75, 3.05) is 12.4 Å². The van der Waals surface area contributed by atoms with Crippen molar-refractivity contribution in [2.45, 2.75) is 13.8 Å². The first-order chi connectivity index (χ1) is 11.3. The summed E-state index contributed by atoms with van der Waals surface area (Å²) >= 11 is 0. The molecular weight excluding hydrogens is 312 g/mol. The van der Waals surface area contributed by atoms with Gasteiger partial charge in [-0.3, -0.25) is 24.7 Å². The van der Waals surface area contributed by atoms with Crippen LogP contribution < -0.4 is 10.6 Å². The van der Waals surface area contributed by atoms with Gasteiger partial charge in [0, 0.05) is 24.4 Å². The van der Waals surface area contributed by atoms with Crippen LogP contribution in [0.3, 0.4) is 0 Å². The summed E-state index contributed by atoms with van der Waals surface area (Å²) < 4.78 is 0. The molecule has 0 bridgehead atoms. The van der Waals surface area contributed by atoms with Crippen molar-refractivity contribution in [3.05, 3.63) is 63.0 Å². The summed E-state index contributed by atoms with van der Waals surface area (Å²) in [7, 11) is 1.52. The zero-order valence-corrected chi connectivity index (χ0v) is 13.4. The third-order valence-electron chi connectivity index (χ3n) is 3.58. The van der Waals surface area contributed by atoms with E-state index in [2.05, 4.69) is 15.6 Å². The average Bonchev–Trinajstić information content (AvgIpc) is 2.56. The maximum absolute atomic E-state index is 12.4. The molecule has 1 aromatic heterocycles. The molecule has 2 rings (SSSR count). The third-order valence-corrected chi connectivity index (χ3v) is 3.58. The molecule has 2 amide bonds. The van der Waals surface area contributed by atoms with Crippen molar-refractivity contribution >= 4 is 23.2 Å². The van der Waals surface area contributed by atoms with E-state index < -0.39 is 10.8 Å². The van der Waals surface area contributed by atoms with E-state index in [0.717, 1.165) is 6.20 Å². The van der Waals surface area contributed by atoms with Crippen molar-refractivity contribution in [1.82, 2.24) is 10.3 Å². The van der Waals surface area contributed by atoms with Gasteiger partial charge in [-0.15, -0.1) is 0 Å². The number of aryl methyl sites for hydroxylation is 1. The second-order valence-corrected chi connectivity index (χ2v) is 5.09.